The number of anilines is 1. The van der Waals surface area contributed by atoms with Gasteiger partial charge in [0.25, 0.3) is 0 Å². The van der Waals surface area contributed by atoms with E-state index in [1.165, 1.54) is 10.4 Å². The molecule has 0 bridgehead atoms. The van der Waals surface area contributed by atoms with Gasteiger partial charge in [-0.25, -0.2) is 13.4 Å². The monoisotopic (exact) mass is 453 g/mol. The van der Waals surface area contributed by atoms with Gasteiger partial charge in [-0.1, -0.05) is 6.07 Å². The van der Waals surface area contributed by atoms with Crippen molar-refractivity contribution in [3.05, 3.63) is 52.1 Å². The summed E-state index contributed by atoms with van der Waals surface area (Å²) in [5, 5.41) is 9.01. The number of carboxylic acids is 1. The highest BCUT2D eigenvalue weighted by Gasteiger charge is 2.29. The summed E-state index contributed by atoms with van der Waals surface area (Å²) in [6, 6.07) is 8.47. The minimum atomic E-state index is -3.66. The number of nitrogens with zero attached hydrogens (tertiary/aromatic N) is 3. The molecule has 2 heterocycles. The maximum Gasteiger partial charge on any atom is 0.307 e. The molecule has 9 heteroatoms. The minimum absolute atomic E-state index is 0.138. The second-order valence-corrected chi connectivity index (χ2v) is 9.24. The molecule has 0 saturated carbocycles. The summed E-state index contributed by atoms with van der Waals surface area (Å²) < 4.78 is 28.3. The van der Waals surface area contributed by atoms with Crippen LogP contribution in [0.1, 0.15) is 11.1 Å². The number of hydrogen-bond donors (Lipinski definition) is 1. The minimum Gasteiger partial charge on any atom is -0.481 e. The van der Waals surface area contributed by atoms with Gasteiger partial charge in [0.05, 0.1) is 11.3 Å². The molecule has 0 amide bonds. The van der Waals surface area contributed by atoms with Gasteiger partial charge in [0.15, 0.2) is 0 Å². The molecular weight excluding hydrogens is 434 g/mol. The Bertz CT molecular complexity index is 940. The summed E-state index contributed by atoms with van der Waals surface area (Å²) in [7, 11) is -3.66. The highest BCUT2D eigenvalue weighted by Crippen LogP contribution is 2.23. The van der Waals surface area contributed by atoms with E-state index in [2.05, 4.69) is 20.9 Å². The van der Waals surface area contributed by atoms with Crippen molar-refractivity contribution in [2.24, 2.45) is 0 Å². The van der Waals surface area contributed by atoms with Crippen molar-refractivity contribution in [1.82, 2.24) is 9.29 Å². The number of aryl methyl sites for hydroxylation is 1. The zero-order valence-corrected chi connectivity index (χ0v) is 17.2. The van der Waals surface area contributed by atoms with E-state index in [-0.39, 0.29) is 11.3 Å². The Hall–Kier alpha value is -1.97. The molecule has 0 spiro atoms. The van der Waals surface area contributed by atoms with Crippen LogP contribution in [0.25, 0.3) is 0 Å². The van der Waals surface area contributed by atoms with E-state index in [4.69, 9.17) is 5.11 Å². The Balaban J connectivity index is 1.75. The van der Waals surface area contributed by atoms with Gasteiger partial charge in [-0.3, -0.25) is 4.79 Å². The number of rotatable bonds is 5. The first-order chi connectivity index (χ1) is 12.8. The average molecular weight is 454 g/mol. The van der Waals surface area contributed by atoms with Gasteiger partial charge in [-0.15, -0.1) is 0 Å². The van der Waals surface area contributed by atoms with Crippen molar-refractivity contribution in [3.8, 4) is 0 Å². The first-order valence-electron chi connectivity index (χ1n) is 8.45. The Morgan fingerprint density at radius 1 is 1.19 bits per heavy atom. The molecule has 1 aliphatic rings. The molecule has 0 aliphatic carbocycles. The fourth-order valence-electron chi connectivity index (χ4n) is 3.02. The number of piperazine rings is 1. The lowest BCUT2D eigenvalue weighted by Gasteiger charge is -2.34. The molecule has 1 aromatic carbocycles. The van der Waals surface area contributed by atoms with E-state index in [1.807, 2.05) is 17.0 Å². The molecular formula is C18H20BrN3O4S. The molecule has 7 nitrogen and oxygen atoms in total. The van der Waals surface area contributed by atoms with Crippen molar-refractivity contribution >= 4 is 37.7 Å². The zero-order valence-electron chi connectivity index (χ0n) is 14.8. The van der Waals surface area contributed by atoms with Gasteiger partial charge < -0.3 is 10.0 Å². The molecule has 3 rings (SSSR count). The number of aromatic nitrogens is 1. The smallest absolute Gasteiger partial charge is 0.307 e. The van der Waals surface area contributed by atoms with E-state index in [9.17, 15) is 13.2 Å². The summed E-state index contributed by atoms with van der Waals surface area (Å²) in [6.45, 7) is 3.56. The van der Waals surface area contributed by atoms with Crippen LogP contribution in [-0.2, 0) is 21.2 Å². The molecule has 0 radical (unpaired) electrons. The standard InChI is InChI=1S/C18H20BrN3O4S/c1-13-2-4-16(10-14(13)11-18(23)24)27(25,26)22-8-6-21(7-9-22)17-5-3-15(19)12-20-17/h2-5,10,12H,6-9,11H2,1H3,(H,23,24). The third kappa shape index (κ3) is 4.48. The van der Waals surface area contributed by atoms with E-state index in [0.717, 1.165) is 15.9 Å². The Morgan fingerprint density at radius 3 is 2.48 bits per heavy atom. The number of benzene rings is 1. The summed E-state index contributed by atoms with van der Waals surface area (Å²) >= 11 is 3.35. The van der Waals surface area contributed by atoms with Crippen LogP contribution in [0, 0.1) is 6.92 Å². The molecule has 27 heavy (non-hydrogen) atoms. The van der Waals surface area contributed by atoms with Crippen LogP contribution in [0.2, 0.25) is 0 Å². The van der Waals surface area contributed by atoms with Gasteiger partial charge in [0.1, 0.15) is 5.82 Å². The quantitative estimate of drug-likeness (QED) is 0.746. The SMILES string of the molecule is Cc1ccc(S(=O)(=O)N2CCN(c3ccc(Br)cn3)CC2)cc1CC(=O)O. The highest BCUT2D eigenvalue weighted by atomic mass is 79.9. The Morgan fingerprint density at radius 2 is 1.89 bits per heavy atom. The summed E-state index contributed by atoms with van der Waals surface area (Å²) in [4.78, 5) is 17.5. The van der Waals surface area contributed by atoms with Crippen LogP contribution in [-0.4, -0.2) is 55.0 Å². The highest BCUT2D eigenvalue weighted by molar-refractivity contribution is 9.10. The first-order valence-corrected chi connectivity index (χ1v) is 10.7. The molecule has 2 aromatic rings. The van der Waals surface area contributed by atoms with Crippen molar-refractivity contribution < 1.29 is 18.3 Å². The third-order valence-electron chi connectivity index (χ3n) is 4.57. The van der Waals surface area contributed by atoms with Gasteiger partial charge >= 0.3 is 5.97 Å². The lowest BCUT2D eigenvalue weighted by Crippen LogP contribution is -2.48. The third-order valence-corrected chi connectivity index (χ3v) is 6.94. The zero-order chi connectivity index (χ0) is 19.6. The summed E-state index contributed by atoms with van der Waals surface area (Å²) in [6.07, 6.45) is 1.52. The largest absolute Gasteiger partial charge is 0.481 e. The second-order valence-electron chi connectivity index (χ2n) is 6.38. The fraction of sp³-hybridized carbons (Fsp3) is 0.333. The van der Waals surface area contributed by atoms with Crippen molar-refractivity contribution in [1.29, 1.82) is 0 Å². The van der Waals surface area contributed by atoms with Crippen LogP contribution in [0.15, 0.2) is 45.9 Å². The van der Waals surface area contributed by atoms with Crippen LogP contribution in [0.5, 0.6) is 0 Å². The Kier molecular flexibility index (Phi) is 5.83. The number of pyridine rings is 1. The predicted octanol–water partition coefficient (Wildman–Crippen LogP) is 2.29. The normalized spacial score (nSPS) is 15.7. The first kappa shape index (κ1) is 19.8. The average Bonchev–Trinajstić information content (AvgIpc) is 2.64. The number of carboxylic acid groups (broad SMARTS) is 1. The number of hydrogen-bond acceptors (Lipinski definition) is 5. The summed E-state index contributed by atoms with van der Waals surface area (Å²) in [5.41, 5.74) is 1.28. The van der Waals surface area contributed by atoms with Gasteiger partial charge in [-0.05, 0) is 58.2 Å². The topological polar surface area (TPSA) is 90.8 Å². The summed E-state index contributed by atoms with van der Waals surface area (Å²) in [5.74, 6) is -0.169. The van der Waals surface area contributed by atoms with Crippen molar-refractivity contribution in [3.63, 3.8) is 0 Å². The molecule has 0 unspecified atom stereocenters. The molecule has 1 aliphatic heterocycles. The van der Waals surface area contributed by atoms with Crippen LogP contribution >= 0.6 is 15.9 Å². The molecule has 0 atom stereocenters. The molecule has 144 valence electrons. The van der Waals surface area contributed by atoms with Gasteiger partial charge in [0, 0.05) is 36.8 Å². The Labute approximate surface area is 166 Å². The van der Waals surface area contributed by atoms with Crippen LogP contribution in [0.4, 0.5) is 5.82 Å². The molecule has 1 N–H and O–H groups in total. The predicted molar refractivity (Wildman–Crippen MR) is 105 cm³/mol. The van der Waals surface area contributed by atoms with Gasteiger partial charge in [-0.2, -0.15) is 4.31 Å². The number of carbonyl (C=O) groups is 1. The second kappa shape index (κ2) is 7.95. The fourth-order valence-corrected chi connectivity index (χ4v) is 4.73. The van der Waals surface area contributed by atoms with Gasteiger partial charge in [0.2, 0.25) is 10.0 Å². The van der Waals surface area contributed by atoms with E-state index < -0.39 is 16.0 Å². The van der Waals surface area contributed by atoms with Crippen molar-refractivity contribution in [2.75, 3.05) is 31.1 Å². The van der Waals surface area contributed by atoms with E-state index >= 15 is 0 Å². The van der Waals surface area contributed by atoms with Crippen LogP contribution in [0.3, 0.4) is 0 Å². The lowest BCUT2D eigenvalue weighted by atomic mass is 10.1. The lowest BCUT2D eigenvalue weighted by molar-refractivity contribution is -0.136. The molecule has 1 aromatic heterocycles. The van der Waals surface area contributed by atoms with E-state index in [0.29, 0.717) is 31.7 Å². The number of aliphatic carboxylic acids is 1. The van der Waals surface area contributed by atoms with Crippen LogP contribution < -0.4 is 4.90 Å². The van der Waals surface area contributed by atoms with Crippen molar-refractivity contribution in [2.45, 2.75) is 18.2 Å². The van der Waals surface area contributed by atoms with E-state index in [1.54, 1.807) is 25.3 Å². The molecule has 1 fully saturated rings. The molecule has 1 saturated heterocycles. The number of halogens is 1. The number of sulfonamides is 1. The maximum atomic E-state index is 13.0. The maximum absolute atomic E-state index is 13.0.